The molecule has 0 saturated carbocycles. The fourth-order valence-corrected chi connectivity index (χ4v) is 3.16. The minimum absolute atomic E-state index is 0.0616. The molecule has 1 aliphatic rings. The molecule has 0 amide bonds. The molecule has 1 saturated heterocycles. The molecule has 1 fully saturated rings. The monoisotopic (exact) mass is 270 g/mol. The molecule has 1 unspecified atom stereocenters. The fraction of sp³-hybridized carbons (Fsp3) is 1.00. The Morgan fingerprint density at radius 3 is 2.65 bits per heavy atom. The highest BCUT2D eigenvalue weighted by Gasteiger charge is 2.23. The Balaban J connectivity index is 2.37. The molecule has 0 aromatic heterocycles. The number of hydrogen-bond donors (Lipinski definition) is 1. The van der Waals surface area contributed by atoms with Crippen LogP contribution in [0.25, 0.3) is 0 Å². The molecule has 102 valence electrons. The van der Waals surface area contributed by atoms with Crippen LogP contribution < -0.4 is 5.32 Å². The number of halogens is 2. The molecule has 0 aromatic rings. The maximum Gasteiger partial charge on any atom is 0.252 e. The van der Waals surface area contributed by atoms with Gasteiger partial charge in [-0.05, 0) is 25.8 Å². The van der Waals surface area contributed by atoms with E-state index in [9.17, 15) is 17.2 Å². The average molecular weight is 270 g/mol. The molecule has 1 atom stereocenters. The van der Waals surface area contributed by atoms with Crippen molar-refractivity contribution in [3.05, 3.63) is 0 Å². The highest BCUT2D eigenvalue weighted by Crippen LogP contribution is 2.12. The molecule has 0 bridgehead atoms. The predicted octanol–water partition coefficient (Wildman–Crippen LogP) is 1.05. The summed E-state index contributed by atoms with van der Waals surface area (Å²) >= 11 is 0. The van der Waals surface area contributed by atoms with Crippen LogP contribution in [0.1, 0.15) is 25.7 Å². The summed E-state index contributed by atoms with van der Waals surface area (Å²) in [5, 5.41) is 3.24. The smallest absolute Gasteiger partial charge is 0.252 e. The van der Waals surface area contributed by atoms with E-state index in [1.165, 1.54) is 7.05 Å². The second-order valence-corrected chi connectivity index (χ2v) is 6.62. The van der Waals surface area contributed by atoms with Crippen molar-refractivity contribution < 1.29 is 17.2 Å². The lowest BCUT2D eigenvalue weighted by atomic mass is 10.0. The van der Waals surface area contributed by atoms with Crippen molar-refractivity contribution in [2.75, 3.05) is 25.9 Å². The summed E-state index contributed by atoms with van der Waals surface area (Å²) in [6.07, 6.45) is 1.06. The van der Waals surface area contributed by atoms with Crippen LogP contribution >= 0.6 is 0 Å². The summed E-state index contributed by atoms with van der Waals surface area (Å²) < 4.78 is 48.3. The Morgan fingerprint density at radius 1 is 1.41 bits per heavy atom. The van der Waals surface area contributed by atoms with E-state index in [4.69, 9.17) is 0 Å². The molecule has 1 aliphatic heterocycles. The first-order valence-electron chi connectivity index (χ1n) is 5.87. The normalized spacial score (nSPS) is 22.3. The van der Waals surface area contributed by atoms with Gasteiger partial charge >= 0.3 is 0 Å². The number of nitrogens with zero attached hydrogens (tertiary/aromatic N) is 1. The first kappa shape index (κ1) is 14.8. The molecule has 17 heavy (non-hydrogen) atoms. The van der Waals surface area contributed by atoms with Crippen molar-refractivity contribution in [2.45, 2.75) is 38.2 Å². The van der Waals surface area contributed by atoms with Gasteiger partial charge in [0.1, 0.15) is 0 Å². The lowest BCUT2D eigenvalue weighted by molar-refractivity contribution is 0.126. The Hall–Kier alpha value is -0.270. The van der Waals surface area contributed by atoms with Gasteiger partial charge in [0.05, 0.1) is 12.3 Å². The van der Waals surface area contributed by atoms with Crippen molar-refractivity contribution in [3.63, 3.8) is 0 Å². The zero-order chi connectivity index (χ0) is 12.9. The fourth-order valence-electron chi connectivity index (χ4n) is 1.93. The summed E-state index contributed by atoms with van der Waals surface area (Å²) in [5.41, 5.74) is 0. The van der Waals surface area contributed by atoms with Gasteiger partial charge in [-0.15, -0.1) is 0 Å². The second kappa shape index (κ2) is 6.61. The number of sulfonamides is 1. The number of hydrogen-bond acceptors (Lipinski definition) is 3. The summed E-state index contributed by atoms with van der Waals surface area (Å²) in [6.45, 7) is 0.192. The maximum atomic E-state index is 12.1. The molecule has 1 heterocycles. The summed E-state index contributed by atoms with van der Waals surface area (Å²) in [7, 11) is -2.34. The third-order valence-electron chi connectivity index (χ3n) is 3.01. The Morgan fingerprint density at radius 2 is 2.12 bits per heavy atom. The van der Waals surface area contributed by atoms with E-state index in [-0.39, 0.29) is 11.8 Å². The average Bonchev–Trinajstić information content (AvgIpc) is 2.27. The van der Waals surface area contributed by atoms with Gasteiger partial charge in [0, 0.05) is 13.1 Å². The summed E-state index contributed by atoms with van der Waals surface area (Å²) in [5.74, 6) is -0.0616. The number of alkyl halides is 2. The van der Waals surface area contributed by atoms with Gasteiger partial charge in [-0.2, -0.15) is 4.31 Å². The number of nitrogens with one attached hydrogen (secondary N) is 1. The zero-order valence-electron chi connectivity index (χ0n) is 10.0. The predicted molar refractivity (Wildman–Crippen MR) is 62.7 cm³/mol. The molecule has 0 radical (unpaired) electrons. The van der Waals surface area contributed by atoms with Crippen LogP contribution in [0.2, 0.25) is 0 Å². The van der Waals surface area contributed by atoms with E-state index in [1.807, 2.05) is 0 Å². The quantitative estimate of drug-likeness (QED) is 0.784. The molecule has 1 N–H and O–H groups in total. The number of rotatable bonds is 6. The van der Waals surface area contributed by atoms with E-state index < -0.39 is 23.0 Å². The SMILES string of the molecule is CN(CC(F)F)S(=O)(=O)CCC1CCCCN1. The highest BCUT2D eigenvalue weighted by molar-refractivity contribution is 7.89. The van der Waals surface area contributed by atoms with Gasteiger partial charge in [-0.3, -0.25) is 0 Å². The topological polar surface area (TPSA) is 49.4 Å². The lowest BCUT2D eigenvalue weighted by Crippen LogP contribution is -2.38. The zero-order valence-corrected chi connectivity index (χ0v) is 10.8. The van der Waals surface area contributed by atoms with Crippen LogP contribution in [0, 0.1) is 0 Å². The van der Waals surface area contributed by atoms with E-state index in [0.29, 0.717) is 6.42 Å². The lowest BCUT2D eigenvalue weighted by Gasteiger charge is -2.24. The third kappa shape index (κ3) is 5.27. The minimum Gasteiger partial charge on any atom is -0.314 e. The summed E-state index contributed by atoms with van der Waals surface area (Å²) in [6, 6.07) is 0.207. The van der Waals surface area contributed by atoms with Crippen LogP contribution in [-0.4, -0.2) is 51.1 Å². The summed E-state index contributed by atoms with van der Waals surface area (Å²) in [4.78, 5) is 0. The minimum atomic E-state index is -3.54. The van der Waals surface area contributed by atoms with E-state index in [0.717, 1.165) is 30.1 Å². The second-order valence-electron chi connectivity index (χ2n) is 4.42. The molecule has 1 rings (SSSR count). The van der Waals surface area contributed by atoms with Gasteiger partial charge in [0.15, 0.2) is 0 Å². The van der Waals surface area contributed by atoms with Gasteiger partial charge < -0.3 is 5.32 Å². The van der Waals surface area contributed by atoms with Crippen LogP contribution in [0.15, 0.2) is 0 Å². The standard InChI is InChI=1S/C10H20F2N2O2S/c1-14(8-10(11)12)17(15,16)7-5-9-4-2-3-6-13-9/h9-10,13H,2-8H2,1H3. The highest BCUT2D eigenvalue weighted by atomic mass is 32.2. The van der Waals surface area contributed by atoms with Gasteiger partial charge in [-0.25, -0.2) is 17.2 Å². The molecule has 0 aliphatic carbocycles. The third-order valence-corrected chi connectivity index (χ3v) is 4.86. The first-order chi connectivity index (χ1) is 7.92. The Bertz CT molecular complexity index is 316. The van der Waals surface area contributed by atoms with E-state index in [2.05, 4.69) is 5.32 Å². The molecule has 0 aromatic carbocycles. The van der Waals surface area contributed by atoms with Crippen molar-refractivity contribution in [2.24, 2.45) is 0 Å². The first-order valence-corrected chi connectivity index (χ1v) is 7.48. The van der Waals surface area contributed by atoms with Gasteiger partial charge in [-0.1, -0.05) is 6.42 Å². The number of piperidine rings is 1. The molecule has 7 heteroatoms. The Labute approximate surface area is 101 Å². The van der Waals surface area contributed by atoms with Gasteiger partial charge in [0.25, 0.3) is 6.43 Å². The van der Waals surface area contributed by atoms with E-state index in [1.54, 1.807) is 0 Å². The molecule has 4 nitrogen and oxygen atoms in total. The molecular formula is C10H20F2N2O2S. The van der Waals surface area contributed by atoms with Crippen molar-refractivity contribution >= 4 is 10.0 Å². The maximum absolute atomic E-state index is 12.1. The van der Waals surface area contributed by atoms with Crippen LogP contribution in [0.5, 0.6) is 0 Å². The van der Waals surface area contributed by atoms with Crippen LogP contribution in [-0.2, 0) is 10.0 Å². The Kier molecular flexibility index (Phi) is 5.75. The van der Waals surface area contributed by atoms with Gasteiger partial charge in [0.2, 0.25) is 10.0 Å². The van der Waals surface area contributed by atoms with Crippen LogP contribution in [0.3, 0.4) is 0 Å². The largest absolute Gasteiger partial charge is 0.314 e. The van der Waals surface area contributed by atoms with E-state index >= 15 is 0 Å². The molecular weight excluding hydrogens is 250 g/mol. The molecule has 0 spiro atoms. The van der Waals surface area contributed by atoms with Crippen molar-refractivity contribution in [1.29, 1.82) is 0 Å². The van der Waals surface area contributed by atoms with Crippen molar-refractivity contribution in [1.82, 2.24) is 9.62 Å². The van der Waals surface area contributed by atoms with Crippen LogP contribution in [0.4, 0.5) is 8.78 Å². The van der Waals surface area contributed by atoms with Crippen molar-refractivity contribution in [3.8, 4) is 0 Å².